The van der Waals surface area contributed by atoms with Crippen molar-refractivity contribution in [3.05, 3.63) is 69.1 Å². The molecular formula is C27H33N7O2S. The van der Waals surface area contributed by atoms with Gasteiger partial charge in [-0.05, 0) is 52.7 Å². The number of thiophene rings is 1. The molecule has 0 aliphatic carbocycles. The average Bonchev–Trinajstić information content (AvgIpc) is 3.28. The zero-order valence-corrected chi connectivity index (χ0v) is 22.9. The lowest BCUT2D eigenvalue weighted by molar-refractivity contribution is -0.155. The second kappa shape index (κ2) is 10.3. The summed E-state index contributed by atoms with van der Waals surface area (Å²) in [6, 6.07) is 7.59. The molecule has 0 unspecified atom stereocenters. The van der Waals surface area contributed by atoms with Gasteiger partial charge in [0.2, 0.25) is 0 Å². The van der Waals surface area contributed by atoms with Gasteiger partial charge >= 0.3 is 5.97 Å². The maximum Gasteiger partial charge on any atom is 0.308 e. The first-order valence-electron chi connectivity index (χ1n) is 12.1. The average molecular weight is 520 g/mol. The van der Waals surface area contributed by atoms with Crippen LogP contribution in [-0.2, 0) is 9.53 Å². The molecule has 0 saturated heterocycles. The third kappa shape index (κ3) is 5.80. The number of hydrogen-bond donors (Lipinski definition) is 2. The second-order valence-corrected chi connectivity index (χ2v) is 11.2. The van der Waals surface area contributed by atoms with Gasteiger partial charge in [-0.3, -0.25) is 14.4 Å². The fraction of sp³-hybridized carbons (Fsp3) is 0.370. The molecule has 37 heavy (non-hydrogen) atoms. The van der Waals surface area contributed by atoms with E-state index < -0.39 is 11.6 Å². The number of hydrogen-bond acceptors (Lipinski definition) is 7. The maximum atomic E-state index is 12.9. The lowest BCUT2D eigenvalue weighted by Gasteiger charge is -2.21. The number of fused-ring (bicyclic) bond motifs is 3. The van der Waals surface area contributed by atoms with Gasteiger partial charge in [-0.25, -0.2) is 4.99 Å². The van der Waals surface area contributed by atoms with E-state index >= 15 is 0 Å². The van der Waals surface area contributed by atoms with Crippen molar-refractivity contribution in [2.75, 3.05) is 6.54 Å². The number of nitrogens with zero attached hydrogens (tertiary/aromatic N) is 5. The third-order valence-corrected chi connectivity index (χ3v) is 7.09. The third-order valence-electron chi connectivity index (χ3n) is 5.89. The molecule has 4 N–H and O–H groups in total. The van der Waals surface area contributed by atoms with E-state index in [4.69, 9.17) is 21.2 Å². The SMILES string of the molecule is Cc1sc2c(c1C)C(c1ccc(/C=C/CN=C(N)N)cc1)=N[C@@H](CC(=O)OC(C)(C)C)c1nnc(C)n1-2. The highest BCUT2D eigenvalue weighted by molar-refractivity contribution is 7.15. The van der Waals surface area contributed by atoms with E-state index in [9.17, 15) is 4.79 Å². The van der Waals surface area contributed by atoms with Crippen LogP contribution in [0.5, 0.6) is 0 Å². The van der Waals surface area contributed by atoms with E-state index in [1.165, 1.54) is 4.88 Å². The van der Waals surface area contributed by atoms with Crippen molar-refractivity contribution < 1.29 is 9.53 Å². The quantitative estimate of drug-likeness (QED) is 0.285. The van der Waals surface area contributed by atoms with Gasteiger partial charge in [0, 0.05) is 16.0 Å². The Kier molecular flexibility index (Phi) is 7.31. The van der Waals surface area contributed by atoms with Crippen LogP contribution in [0.1, 0.15) is 72.0 Å². The number of aromatic nitrogens is 3. The molecule has 0 saturated carbocycles. The zero-order valence-electron chi connectivity index (χ0n) is 22.1. The molecule has 2 aromatic heterocycles. The van der Waals surface area contributed by atoms with Crippen molar-refractivity contribution in [1.29, 1.82) is 0 Å². The Morgan fingerprint density at radius 3 is 2.51 bits per heavy atom. The Labute approximate surface area is 221 Å². The number of carbonyl (C=O) groups excluding carboxylic acids is 1. The molecular weight excluding hydrogens is 486 g/mol. The number of esters is 1. The van der Waals surface area contributed by atoms with Crippen molar-refractivity contribution >= 4 is 35.1 Å². The van der Waals surface area contributed by atoms with E-state index in [1.54, 1.807) is 11.3 Å². The number of aryl methyl sites for hydroxylation is 2. The minimum atomic E-state index is -0.589. The Hall–Kier alpha value is -3.79. The van der Waals surface area contributed by atoms with E-state index in [0.717, 1.165) is 38.8 Å². The summed E-state index contributed by atoms with van der Waals surface area (Å²) in [6.45, 7) is 12.1. The highest BCUT2D eigenvalue weighted by Crippen LogP contribution is 2.39. The van der Waals surface area contributed by atoms with Gasteiger partial charge in [-0.2, -0.15) is 0 Å². The van der Waals surface area contributed by atoms with Gasteiger partial charge in [-0.1, -0.05) is 36.4 Å². The first-order chi connectivity index (χ1) is 17.4. The Bertz CT molecular complexity index is 1400. The van der Waals surface area contributed by atoms with Crippen molar-refractivity contribution in [2.24, 2.45) is 21.5 Å². The summed E-state index contributed by atoms with van der Waals surface area (Å²) in [4.78, 5) is 23.2. The highest BCUT2D eigenvalue weighted by Gasteiger charge is 2.33. The minimum Gasteiger partial charge on any atom is -0.460 e. The largest absolute Gasteiger partial charge is 0.460 e. The van der Waals surface area contributed by atoms with Crippen molar-refractivity contribution in [2.45, 2.75) is 59.6 Å². The predicted molar refractivity (Wildman–Crippen MR) is 148 cm³/mol. The molecule has 1 aliphatic rings. The Balaban J connectivity index is 1.79. The van der Waals surface area contributed by atoms with Gasteiger partial charge < -0.3 is 16.2 Å². The maximum absolute atomic E-state index is 12.9. The molecule has 0 radical (unpaired) electrons. The van der Waals surface area contributed by atoms with E-state index in [0.29, 0.717) is 12.4 Å². The zero-order chi connectivity index (χ0) is 26.9. The fourth-order valence-corrected chi connectivity index (χ4v) is 5.38. The first kappa shape index (κ1) is 26.3. The molecule has 3 heterocycles. The van der Waals surface area contributed by atoms with Crippen LogP contribution in [-0.4, -0.2) is 44.6 Å². The molecule has 1 aliphatic heterocycles. The van der Waals surface area contributed by atoms with Crippen LogP contribution in [0.15, 0.2) is 40.3 Å². The molecule has 9 nitrogen and oxygen atoms in total. The number of aliphatic imine (C=N–C) groups is 2. The minimum absolute atomic E-state index is 0.0648. The molecule has 0 spiro atoms. The predicted octanol–water partition coefficient (Wildman–Crippen LogP) is 4.16. The number of benzene rings is 1. The lowest BCUT2D eigenvalue weighted by atomic mass is 9.98. The van der Waals surface area contributed by atoms with Gasteiger partial charge in [0.25, 0.3) is 0 Å². The van der Waals surface area contributed by atoms with Crippen LogP contribution in [0.2, 0.25) is 0 Å². The molecule has 4 rings (SSSR count). The number of nitrogens with two attached hydrogens (primary N) is 2. The summed E-state index contributed by atoms with van der Waals surface area (Å²) >= 11 is 1.68. The second-order valence-electron chi connectivity index (χ2n) is 9.98. The number of rotatable bonds is 6. The van der Waals surface area contributed by atoms with Crippen molar-refractivity contribution in [1.82, 2.24) is 14.8 Å². The summed E-state index contributed by atoms with van der Waals surface area (Å²) in [5, 5.41) is 9.79. The summed E-state index contributed by atoms with van der Waals surface area (Å²) in [6.07, 6.45) is 3.93. The standard InChI is InChI=1S/C27H33N7O2S/c1-15-16(2)37-25-22(15)23(19-11-9-18(10-12-19)8-7-13-30-26(28)29)31-20(14-21(35)36-27(4,5)6)24-33-32-17(3)34(24)25/h7-12,20H,13-14H2,1-6H3,(H4,28,29,30)/b8-7+/t20-/m0/s1. The van der Waals surface area contributed by atoms with Crippen LogP contribution in [0.3, 0.4) is 0 Å². The fourth-order valence-electron chi connectivity index (χ4n) is 4.16. The summed E-state index contributed by atoms with van der Waals surface area (Å²) in [5.41, 5.74) is 15.2. The molecule has 1 atom stereocenters. The van der Waals surface area contributed by atoms with Crippen molar-refractivity contribution in [3.8, 4) is 5.00 Å². The molecule has 3 aromatic rings. The van der Waals surface area contributed by atoms with Gasteiger partial charge in [0.1, 0.15) is 22.5 Å². The van der Waals surface area contributed by atoms with Crippen LogP contribution in [0, 0.1) is 20.8 Å². The normalized spacial score (nSPS) is 15.1. The first-order valence-corrected chi connectivity index (χ1v) is 12.9. The van der Waals surface area contributed by atoms with Crippen molar-refractivity contribution in [3.63, 3.8) is 0 Å². The molecule has 194 valence electrons. The summed E-state index contributed by atoms with van der Waals surface area (Å²) in [7, 11) is 0. The molecule has 0 amide bonds. The topological polar surface area (TPSA) is 134 Å². The Morgan fingerprint density at radius 2 is 1.86 bits per heavy atom. The smallest absolute Gasteiger partial charge is 0.308 e. The van der Waals surface area contributed by atoms with Crippen LogP contribution < -0.4 is 11.5 Å². The van der Waals surface area contributed by atoms with Gasteiger partial charge in [0.15, 0.2) is 11.8 Å². The van der Waals surface area contributed by atoms with Crippen LogP contribution >= 0.6 is 11.3 Å². The number of guanidine groups is 1. The van der Waals surface area contributed by atoms with E-state index in [-0.39, 0.29) is 18.3 Å². The highest BCUT2D eigenvalue weighted by atomic mass is 32.1. The van der Waals surface area contributed by atoms with Crippen LogP contribution in [0.4, 0.5) is 0 Å². The van der Waals surface area contributed by atoms with E-state index in [2.05, 4.69) is 29.0 Å². The molecule has 10 heteroatoms. The molecule has 0 bridgehead atoms. The number of ether oxygens (including phenoxy) is 1. The van der Waals surface area contributed by atoms with Crippen LogP contribution in [0.25, 0.3) is 11.1 Å². The van der Waals surface area contributed by atoms with Gasteiger partial charge in [-0.15, -0.1) is 21.5 Å². The molecule has 1 aromatic carbocycles. The summed E-state index contributed by atoms with van der Waals surface area (Å²) in [5.74, 6) is 1.13. The Morgan fingerprint density at radius 1 is 1.16 bits per heavy atom. The summed E-state index contributed by atoms with van der Waals surface area (Å²) < 4.78 is 7.66. The van der Waals surface area contributed by atoms with Gasteiger partial charge in [0.05, 0.1) is 18.7 Å². The van der Waals surface area contributed by atoms with E-state index in [1.807, 2.05) is 68.7 Å². The monoisotopic (exact) mass is 519 g/mol. The lowest BCUT2D eigenvalue weighted by Crippen LogP contribution is -2.25. The number of carbonyl (C=O) groups is 1. The molecule has 0 fully saturated rings.